The number of hydrogen-bond donors (Lipinski definition) is 0. The monoisotopic (exact) mass is 244 g/mol. The van der Waals surface area contributed by atoms with Gasteiger partial charge in [0, 0.05) is 20.9 Å². The number of carbonyl (C=O) groups excluding carboxylic acids is 1. The van der Waals surface area contributed by atoms with Gasteiger partial charge in [-0.15, -0.1) is 11.3 Å². The van der Waals surface area contributed by atoms with E-state index < -0.39 is 0 Å². The van der Waals surface area contributed by atoms with Crippen molar-refractivity contribution in [2.45, 2.75) is 27.2 Å². The number of thiophene rings is 1. The Bertz CT molecular complexity index is 535. The first-order valence-electron chi connectivity index (χ1n) is 5.82. The highest BCUT2D eigenvalue weighted by atomic mass is 32.1. The second-order valence-electron chi connectivity index (χ2n) is 4.21. The molecule has 0 aliphatic carbocycles. The van der Waals surface area contributed by atoms with Crippen molar-refractivity contribution < 1.29 is 4.79 Å². The SMILES string of the molecule is CCc1ccc(C(=O)c2cc(C)sc2C)cc1. The van der Waals surface area contributed by atoms with Crippen LogP contribution in [0.25, 0.3) is 0 Å². The van der Waals surface area contributed by atoms with E-state index in [0.29, 0.717) is 0 Å². The van der Waals surface area contributed by atoms with E-state index in [1.165, 1.54) is 10.4 Å². The fourth-order valence-electron chi connectivity index (χ4n) is 1.90. The number of benzene rings is 1. The summed E-state index contributed by atoms with van der Waals surface area (Å²) in [5.41, 5.74) is 2.89. The highest BCUT2D eigenvalue weighted by Crippen LogP contribution is 2.23. The molecule has 0 unspecified atom stereocenters. The summed E-state index contributed by atoms with van der Waals surface area (Å²) >= 11 is 1.68. The Labute approximate surface area is 106 Å². The van der Waals surface area contributed by atoms with Crippen LogP contribution < -0.4 is 0 Å². The summed E-state index contributed by atoms with van der Waals surface area (Å²) in [6, 6.07) is 9.89. The largest absolute Gasteiger partial charge is 0.289 e. The second kappa shape index (κ2) is 4.84. The van der Waals surface area contributed by atoms with Crippen molar-refractivity contribution in [1.82, 2.24) is 0 Å². The van der Waals surface area contributed by atoms with Crippen LogP contribution in [0.2, 0.25) is 0 Å². The minimum absolute atomic E-state index is 0.134. The standard InChI is InChI=1S/C15H16OS/c1-4-12-5-7-13(8-6-12)15(16)14-9-10(2)17-11(14)3/h5-9H,4H2,1-3H3. The van der Waals surface area contributed by atoms with E-state index in [1.54, 1.807) is 11.3 Å². The molecule has 0 saturated carbocycles. The van der Waals surface area contributed by atoms with Gasteiger partial charge in [0.25, 0.3) is 0 Å². The first-order valence-corrected chi connectivity index (χ1v) is 6.64. The molecule has 0 fully saturated rings. The van der Waals surface area contributed by atoms with E-state index in [-0.39, 0.29) is 5.78 Å². The first kappa shape index (κ1) is 12.1. The lowest BCUT2D eigenvalue weighted by Crippen LogP contribution is -2.01. The summed E-state index contributed by atoms with van der Waals surface area (Å²) in [6.45, 7) is 6.16. The van der Waals surface area contributed by atoms with Crippen molar-refractivity contribution in [2.75, 3.05) is 0 Å². The van der Waals surface area contributed by atoms with Gasteiger partial charge < -0.3 is 0 Å². The Morgan fingerprint density at radius 2 is 1.82 bits per heavy atom. The molecule has 0 amide bonds. The first-order chi connectivity index (χ1) is 8.11. The molecular formula is C15H16OS. The van der Waals surface area contributed by atoms with E-state index in [0.717, 1.165) is 22.4 Å². The lowest BCUT2D eigenvalue weighted by molar-refractivity contribution is 0.103. The Kier molecular flexibility index (Phi) is 3.43. The maximum atomic E-state index is 12.3. The number of carbonyl (C=O) groups is 1. The zero-order chi connectivity index (χ0) is 12.4. The van der Waals surface area contributed by atoms with Crippen LogP contribution in [0.15, 0.2) is 30.3 Å². The molecule has 0 aliphatic heterocycles. The maximum Gasteiger partial charge on any atom is 0.194 e. The van der Waals surface area contributed by atoms with E-state index in [2.05, 4.69) is 6.92 Å². The van der Waals surface area contributed by atoms with Crippen molar-refractivity contribution in [3.8, 4) is 0 Å². The highest BCUT2D eigenvalue weighted by molar-refractivity contribution is 7.12. The molecule has 2 aromatic rings. The molecule has 0 atom stereocenters. The third kappa shape index (κ3) is 2.47. The van der Waals surface area contributed by atoms with Gasteiger partial charge in [0.2, 0.25) is 0 Å². The lowest BCUT2D eigenvalue weighted by Gasteiger charge is -2.01. The molecule has 0 bridgehead atoms. The van der Waals surface area contributed by atoms with Gasteiger partial charge in [0.1, 0.15) is 0 Å². The Morgan fingerprint density at radius 3 is 2.29 bits per heavy atom. The average Bonchev–Trinajstić information content (AvgIpc) is 2.68. The van der Waals surface area contributed by atoms with Crippen LogP contribution in [0.1, 0.15) is 38.2 Å². The zero-order valence-electron chi connectivity index (χ0n) is 10.4. The molecule has 1 heterocycles. The summed E-state index contributed by atoms with van der Waals surface area (Å²) in [7, 11) is 0. The Hall–Kier alpha value is -1.41. The molecule has 1 aromatic carbocycles. The van der Waals surface area contributed by atoms with Crippen LogP contribution >= 0.6 is 11.3 Å². The van der Waals surface area contributed by atoms with E-state index >= 15 is 0 Å². The molecule has 17 heavy (non-hydrogen) atoms. The molecule has 88 valence electrons. The van der Waals surface area contributed by atoms with Gasteiger partial charge in [-0.25, -0.2) is 0 Å². The Morgan fingerprint density at radius 1 is 1.18 bits per heavy atom. The summed E-state index contributed by atoms with van der Waals surface area (Å²) < 4.78 is 0. The second-order valence-corrected chi connectivity index (χ2v) is 5.67. The van der Waals surface area contributed by atoms with Crippen LogP contribution in [0.4, 0.5) is 0 Å². The predicted molar refractivity (Wildman–Crippen MR) is 73.0 cm³/mol. The molecule has 2 rings (SSSR count). The number of aryl methyl sites for hydroxylation is 3. The molecular weight excluding hydrogens is 228 g/mol. The number of hydrogen-bond acceptors (Lipinski definition) is 2. The third-order valence-corrected chi connectivity index (χ3v) is 3.88. The minimum Gasteiger partial charge on any atom is -0.289 e. The summed E-state index contributed by atoms with van der Waals surface area (Å²) in [4.78, 5) is 14.6. The molecule has 2 heteroatoms. The van der Waals surface area contributed by atoms with Gasteiger partial charge in [-0.3, -0.25) is 4.79 Å². The lowest BCUT2D eigenvalue weighted by atomic mass is 10.0. The summed E-state index contributed by atoms with van der Waals surface area (Å²) in [6.07, 6.45) is 1.01. The van der Waals surface area contributed by atoms with E-state index in [1.807, 2.05) is 44.2 Å². The predicted octanol–water partition coefficient (Wildman–Crippen LogP) is 4.16. The van der Waals surface area contributed by atoms with Gasteiger partial charge in [0.15, 0.2) is 5.78 Å². The van der Waals surface area contributed by atoms with Crippen molar-refractivity contribution in [2.24, 2.45) is 0 Å². The van der Waals surface area contributed by atoms with Crippen LogP contribution in [0.3, 0.4) is 0 Å². The van der Waals surface area contributed by atoms with Gasteiger partial charge in [-0.05, 0) is 31.9 Å². The van der Waals surface area contributed by atoms with E-state index in [4.69, 9.17) is 0 Å². The molecule has 0 N–H and O–H groups in total. The summed E-state index contributed by atoms with van der Waals surface area (Å²) in [5, 5.41) is 0. The molecule has 0 aliphatic rings. The fourth-order valence-corrected chi connectivity index (χ4v) is 2.82. The highest BCUT2D eigenvalue weighted by Gasteiger charge is 2.13. The van der Waals surface area contributed by atoms with Crippen molar-refractivity contribution >= 4 is 17.1 Å². The van der Waals surface area contributed by atoms with Gasteiger partial charge in [-0.1, -0.05) is 31.2 Å². The molecule has 1 aromatic heterocycles. The zero-order valence-corrected chi connectivity index (χ0v) is 11.2. The van der Waals surface area contributed by atoms with Crippen LogP contribution in [0.5, 0.6) is 0 Å². The minimum atomic E-state index is 0.134. The van der Waals surface area contributed by atoms with Gasteiger partial charge in [-0.2, -0.15) is 0 Å². The maximum absolute atomic E-state index is 12.3. The third-order valence-electron chi connectivity index (χ3n) is 2.91. The van der Waals surface area contributed by atoms with Crippen molar-refractivity contribution in [3.63, 3.8) is 0 Å². The van der Waals surface area contributed by atoms with Gasteiger partial charge >= 0.3 is 0 Å². The Balaban J connectivity index is 2.33. The van der Waals surface area contributed by atoms with Crippen LogP contribution in [-0.4, -0.2) is 5.78 Å². The van der Waals surface area contributed by atoms with E-state index in [9.17, 15) is 4.79 Å². The fraction of sp³-hybridized carbons (Fsp3) is 0.267. The number of rotatable bonds is 3. The molecule has 0 spiro atoms. The topological polar surface area (TPSA) is 17.1 Å². The average molecular weight is 244 g/mol. The molecule has 0 radical (unpaired) electrons. The van der Waals surface area contributed by atoms with Crippen LogP contribution in [0, 0.1) is 13.8 Å². The van der Waals surface area contributed by atoms with Gasteiger partial charge in [0.05, 0.1) is 0 Å². The number of ketones is 1. The smallest absolute Gasteiger partial charge is 0.194 e. The summed E-state index contributed by atoms with van der Waals surface area (Å²) in [5.74, 6) is 0.134. The van der Waals surface area contributed by atoms with Crippen LogP contribution in [-0.2, 0) is 6.42 Å². The van der Waals surface area contributed by atoms with Crippen molar-refractivity contribution in [1.29, 1.82) is 0 Å². The quantitative estimate of drug-likeness (QED) is 0.741. The van der Waals surface area contributed by atoms with Crippen molar-refractivity contribution in [3.05, 3.63) is 56.8 Å². The molecule has 0 saturated heterocycles. The normalized spacial score (nSPS) is 10.5. The molecule has 1 nitrogen and oxygen atoms in total.